The number of piperazine rings is 1. The zero-order chi connectivity index (χ0) is 22.1. The highest BCUT2D eigenvalue weighted by atomic mass is 32.2. The standard InChI is InChI=1S/C19H19F3N2O5S/c1-29-14-4-7-16(17(25)12-14)18(26)23-8-10-24(11-9-23)30(27,28)15-5-2-13(3-6-15)19(20,21)22/h2-7,12,25H,8-11H2,1H3. The zero-order valence-electron chi connectivity index (χ0n) is 15.9. The van der Waals surface area contributed by atoms with Gasteiger partial charge in [0.25, 0.3) is 5.91 Å². The van der Waals surface area contributed by atoms with E-state index in [2.05, 4.69) is 0 Å². The molecular formula is C19H19F3N2O5S. The molecule has 0 unspecified atom stereocenters. The molecule has 162 valence electrons. The topological polar surface area (TPSA) is 87.2 Å². The predicted molar refractivity (Wildman–Crippen MR) is 101 cm³/mol. The summed E-state index contributed by atoms with van der Waals surface area (Å²) in [7, 11) is -2.57. The van der Waals surface area contributed by atoms with E-state index in [9.17, 15) is 31.5 Å². The highest BCUT2D eigenvalue weighted by Crippen LogP contribution is 2.30. The first-order valence-corrected chi connectivity index (χ1v) is 10.3. The van der Waals surface area contributed by atoms with E-state index in [1.165, 1.54) is 30.2 Å². The average Bonchev–Trinajstić information content (AvgIpc) is 2.72. The smallest absolute Gasteiger partial charge is 0.416 e. The second kappa shape index (κ2) is 8.15. The van der Waals surface area contributed by atoms with Crippen molar-refractivity contribution in [2.24, 2.45) is 0 Å². The van der Waals surface area contributed by atoms with Crippen molar-refractivity contribution in [1.29, 1.82) is 0 Å². The van der Waals surface area contributed by atoms with Gasteiger partial charge in [-0.2, -0.15) is 17.5 Å². The Morgan fingerprint density at radius 3 is 2.13 bits per heavy atom. The van der Waals surface area contributed by atoms with Gasteiger partial charge >= 0.3 is 6.18 Å². The van der Waals surface area contributed by atoms with Crippen molar-refractivity contribution in [3.05, 3.63) is 53.6 Å². The summed E-state index contributed by atoms with van der Waals surface area (Å²) in [6, 6.07) is 7.53. The number of halogens is 3. The van der Waals surface area contributed by atoms with Crippen LogP contribution in [0.15, 0.2) is 47.4 Å². The van der Waals surface area contributed by atoms with Crippen LogP contribution in [0.5, 0.6) is 11.5 Å². The van der Waals surface area contributed by atoms with Crippen molar-refractivity contribution in [2.75, 3.05) is 33.3 Å². The van der Waals surface area contributed by atoms with Gasteiger partial charge in [-0.3, -0.25) is 4.79 Å². The summed E-state index contributed by atoms with van der Waals surface area (Å²) in [5.41, 5.74) is -0.869. The van der Waals surface area contributed by atoms with Gasteiger partial charge < -0.3 is 14.7 Å². The molecular weight excluding hydrogens is 425 g/mol. The number of nitrogens with zero attached hydrogens (tertiary/aromatic N) is 2. The molecule has 0 aromatic heterocycles. The Labute approximate surface area is 171 Å². The Morgan fingerprint density at radius 2 is 1.63 bits per heavy atom. The van der Waals surface area contributed by atoms with Crippen LogP contribution >= 0.6 is 0 Å². The van der Waals surface area contributed by atoms with E-state index in [4.69, 9.17) is 4.74 Å². The molecule has 30 heavy (non-hydrogen) atoms. The molecule has 7 nitrogen and oxygen atoms in total. The van der Waals surface area contributed by atoms with Gasteiger partial charge in [0.1, 0.15) is 11.5 Å². The summed E-state index contributed by atoms with van der Waals surface area (Å²) in [4.78, 5) is 13.8. The zero-order valence-corrected chi connectivity index (χ0v) is 16.7. The molecule has 3 rings (SSSR count). The van der Waals surface area contributed by atoms with Crippen LogP contribution in [0.2, 0.25) is 0 Å². The molecule has 1 aliphatic rings. The van der Waals surface area contributed by atoms with Gasteiger partial charge in [-0.15, -0.1) is 0 Å². The lowest BCUT2D eigenvalue weighted by atomic mass is 10.1. The first-order chi connectivity index (χ1) is 14.0. The van der Waals surface area contributed by atoms with Crippen molar-refractivity contribution >= 4 is 15.9 Å². The number of alkyl halides is 3. The number of hydrogen-bond acceptors (Lipinski definition) is 5. The van der Waals surface area contributed by atoms with Crippen LogP contribution in [0.4, 0.5) is 13.2 Å². The van der Waals surface area contributed by atoms with Crippen molar-refractivity contribution in [3.8, 4) is 11.5 Å². The van der Waals surface area contributed by atoms with Gasteiger partial charge in [0, 0.05) is 32.2 Å². The molecule has 1 amide bonds. The van der Waals surface area contributed by atoms with Gasteiger partial charge in [0.2, 0.25) is 10.0 Å². The molecule has 0 radical (unpaired) electrons. The van der Waals surface area contributed by atoms with Crippen LogP contribution in [-0.2, 0) is 16.2 Å². The molecule has 1 saturated heterocycles. The SMILES string of the molecule is COc1ccc(C(=O)N2CCN(S(=O)(=O)c3ccc(C(F)(F)F)cc3)CC2)c(O)c1. The molecule has 2 aromatic carbocycles. The molecule has 1 aliphatic heterocycles. The molecule has 0 aliphatic carbocycles. The number of benzene rings is 2. The van der Waals surface area contributed by atoms with Crippen LogP contribution < -0.4 is 4.74 Å². The van der Waals surface area contributed by atoms with E-state index >= 15 is 0 Å². The van der Waals surface area contributed by atoms with Crippen LogP contribution in [0, 0.1) is 0 Å². The highest BCUT2D eigenvalue weighted by molar-refractivity contribution is 7.89. The molecule has 0 atom stereocenters. The van der Waals surface area contributed by atoms with Gasteiger partial charge in [-0.1, -0.05) is 0 Å². The number of carbonyl (C=O) groups is 1. The number of ether oxygens (including phenoxy) is 1. The summed E-state index contributed by atoms with van der Waals surface area (Å²) in [5, 5.41) is 10.0. The number of aromatic hydroxyl groups is 1. The minimum atomic E-state index is -4.55. The van der Waals surface area contributed by atoms with E-state index in [-0.39, 0.29) is 42.4 Å². The maximum absolute atomic E-state index is 12.7. The lowest BCUT2D eigenvalue weighted by Crippen LogP contribution is -2.50. The van der Waals surface area contributed by atoms with Crippen LogP contribution in [0.3, 0.4) is 0 Å². The Kier molecular flexibility index (Phi) is 5.95. The van der Waals surface area contributed by atoms with E-state index in [1.807, 2.05) is 0 Å². The fourth-order valence-corrected chi connectivity index (χ4v) is 4.51. The van der Waals surface area contributed by atoms with Crippen LogP contribution in [0.1, 0.15) is 15.9 Å². The van der Waals surface area contributed by atoms with E-state index < -0.39 is 27.7 Å². The third kappa shape index (κ3) is 4.36. The second-order valence-corrected chi connectivity index (χ2v) is 8.54. The van der Waals surface area contributed by atoms with E-state index in [0.29, 0.717) is 5.75 Å². The van der Waals surface area contributed by atoms with Gasteiger partial charge in [-0.25, -0.2) is 8.42 Å². The Bertz CT molecular complexity index is 1030. The molecule has 0 bridgehead atoms. The molecule has 2 aromatic rings. The van der Waals surface area contributed by atoms with E-state index in [1.54, 1.807) is 0 Å². The Balaban J connectivity index is 1.69. The second-order valence-electron chi connectivity index (χ2n) is 6.60. The summed E-state index contributed by atoms with van der Waals surface area (Å²) < 4.78 is 69.5. The summed E-state index contributed by atoms with van der Waals surface area (Å²) >= 11 is 0. The molecule has 1 fully saturated rings. The minimum Gasteiger partial charge on any atom is -0.507 e. The van der Waals surface area contributed by atoms with Crippen LogP contribution in [-0.4, -0.2) is 61.9 Å². The van der Waals surface area contributed by atoms with E-state index in [0.717, 1.165) is 28.6 Å². The van der Waals surface area contributed by atoms with Crippen molar-refractivity contribution in [1.82, 2.24) is 9.21 Å². The number of carbonyl (C=O) groups excluding carboxylic acids is 1. The summed E-state index contributed by atoms with van der Waals surface area (Å²) in [6.45, 7) is 0.104. The number of sulfonamides is 1. The molecule has 1 heterocycles. The quantitative estimate of drug-likeness (QED) is 0.783. The van der Waals surface area contributed by atoms with Crippen molar-refractivity contribution < 1.29 is 36.2 Å². The van der Waals surface area contributed by atoms with Crippen molar-refractivity contribution in [2.45, 2.75) is 11.1 Å². The Morgan fingerprint density at radius 1 is 1.03 bits per heavy atom. The van der Waals surface area contributed by atoms with Gasteiger partial charge in [0.15, 0.2) is 0 Å². The molecule has 1 N–H and O–H groups in total. The number of rotatable bonds is 4. The van der Waals surface area contributed by atoms with Gasteiger partial charge in [-0.05, 0) is 36.4 Å². The Hall–Kier alpha value is -2.79. The first kappa shape index (κ1) is 21.9. The highest BCUT2D eigenvalue weighted by Gasteiger charge is 2.33. The van der Waals surface area contributed by atoms with Crippen LogP contribution in [0.25, 0.3) is 0 Å². The molecule has 0 spiro atoms. The molecule has 0 saturated carbocycles. The normalized spacial score (nSPS) is 15.8. The maximum atomic E-state index is 12.7. The monoisotopic (exact) mass is 444 g/mol. The van der Waals surface area contributed by atoms with Gasteiger partial charge in [0.05, 0.1) is 23.1 Å². The third-order valence-electron chi connectivity index (χ3n) is 4.78. The molecule has 11 heteroatoms. The number of phenolic OH excluding ortho intramolecular Hbond substituents is 1. The summed E-state index contributed by atoms with van der Waals surface area (Å²) in [5.74, 6) is -0.322. The lowest BCUT2D eigenvalue weighted by Gasteiger charge is -2.34. The third-order valence-corrected chi connectivity index (χ3v) is 6.69. The fourth-order valence-electron chi connectivity index (χ4n) is 3.09. The fraction of sp³-hybridized carbons (Fsp3) is 0.316. The number of hydrogen-bond donors (Lipinski definition) is 1. The predicted octanol–water partition coefficient (Wildman–Crippen LogP) is 2.57. The summed E-state index contributed by atoms with van der Waals surface area (Å²) in [6.07, 6.45) is -4.55. The maximum Gasteiger partial charge on any atom is 0.416 e. The minimum absolute atomic E-state index is 0.0218. The lowest BCUT2D eigenvalue weighted by molar-refractivity contribution is -0.137. The number of phenols is 1. The average molecular weight is 444 g/mol. The number of methoxy groups -OCH3 is 1. The number of amides is 1. The largest absolute Gasteiger partial charge is 0.507 e. The first-order valence-electron chi connectivity index (χ1n) is 8.88. The van der Waals surface area contributed by atoms with Crippen molar-refractivity contribution in [3.63, 3.8) is 0 Å².